The molecule has 2 aromatic rings. The molecule has 0 spiro atoms. The number of nitrogens with zero attached hydrogens (tertiary/aromatic N) is 1. The normalized spacial score (nSPS) is 10.1. The van der Waals surface area contributed by atoms with Crippen LogP contribution in [0.15, 0.2) is 41.3 Å². The molecule has 0 bridgehead atoms. The van der Waals surface area contributed by atoms with E-state index in [-0.39, 0.29) is 5.82 Å². The molecule has 76 valence electrons. The zero-order valence-electron chi connectivity index (χ0n) is 7.81. The van der Waals surface area contributed by atoms with Crippen LogP contribution >= 0.6 is 0 Å². The summed E-state index contributed by atoms with van der Waals surface area (Å²) in [6, 6.07) is 8.49. The molecule has 0 saturated heterocycles. The lowest BCUT2D eigenvalue weighted by atomic mass is 10.2. The number of anilines is 1. The van der Waals surface area contributed by atoms with E-state index in [0.717, 1.165) is 4.57 Å². The minimum atomic E-state index is -0.527. The summed E-state index contributed by atoms with van der Waals surface area (Å²) in [5, 5.41) is 0. The Kier molecular flexibility index (Phi) is 2.13. The summed E-state index contributed by atoms with van der Waals surface area (Å²) in [6.07, 6.45) is 1.29. The summed E-state index contributed by atoms with van der Waals surface area (Å²) in [5.41, 5.74) is 5.39. The maximum atomic E-state index is 11.8. The summed E-state index contributed by atoms with van der Waals surface area (Å²) in [5.74, 6) is -0.326. The molecule has 15 heavy (non-hydrogen) atoms. The minimum absolute atomic E-state index is 0.105. The van der Waals surface area contributed by atoms with Gasteiger partial charge in [-0.05, 0) is 12.1 Å². The van der Waals surface area contributed by atoms with Crippen LogP contribution in [0.25, 0.3) is 0 Å². The van der Waals surface area contributed by atoms with E-state index in [1.165, 1.54) is 6.20 Å². The summed E-state index contributed by atoms with van der Waals surface area (Å²) in [6.45, 7) is 0. The van der Waals surface area contributed by atoms with Gasteiger partial charge in [-0.25, -0.2) is 9.36 Å². The molecule has 1 heterocycles. The summed E-state index contributed by atoms with van der Waals surface area (Å²) < 4.78 is 0.898. The van der Waals surface area contributed by atoms with Crippen molar-refractivity contribution in [3.8, 4) is 0 Å². The van der Waals surface area contributed by atoms with Crippen molar-refractivity contribution in [1.82, 2.24) is 9.55 Å². The number of H-pyrrole nitrogens is 1. The number of rotatable bonds is 1. The Labute approximate surface area is 85.2 Å². The molecule has 0 radical (unpaired) electrons. The molecular weight excluding hydrogens is 194 g/mol. The Hall–Kier alpha value is -2.30. The van der Waals surface area contributed by atoms with E-state index >= 15 is 0 Å². The van der Waals surface area contributed by atoms with Crippen LogP contribution in [0.2, 0.25) is 0 Å². The molecule has 1 aromatic carbocycles. The van der Waals surface area contributed by atoms with E-state index in [1.807, 2.05) is 0 Å². The molecule has 1 aromatic heterocycles. The second kappa shape index (κ2) is 3.45. The first-order valence-corrected chi connectivity index (χ1v) is 4.36. The van der Waals surface area contributed by atoms with Gasteiger partial charge < -0.3 is 10.7 Å². The van der Waals surface area contributed by atoms with Gasteiger partial charge in [0.25, 0.3) is 5.91 Å². The fourth-order valence-electron chi connectivity index (χ4n) is 1.30. The van der Waals surface area contributed by atoms with Gasteiger partial charge in [0.1, 0.15) is 5.82 Å². The van der Waals surface area contributed by atoms with Gasteiger partial charge in [0.15, 0.2) is 0 Å². The quantitative estimate of drug-likeness (QED) is 0.705. The van der Waals surface area contributed by atoms with E-state index < -0.39 is 11.6 Å². The Morgan fingerprint density at radius 2 is 1.93 bits per heavy atom. The second-order valence-corrected chi connectivity index (χ2v) is 3.03. The summed E-state index contributed by atoms with van der Waals surface area (Å²) in [4.78, 5) is 25.4. The fraction of sp³-hybridized carbons (Fsp3) is 0. The van der Waals surface area contributed by atoms with Gasteiger partial charge in [-0.1, -0.05) is 18.2 Å². The smallest absolute Gasteiger partial charge is 0.334 e. The zero-order valence-corrected chi connectivity index (χ0v) is 7.81. The number of imidazole rings is 1. The van der Waals surface area contributed by atoms with E-state index in [0.29, 0.717) is 5.56 Å². The van der Waals surface area contributed by atoms with Crippen molar-refractivity contribution < 1.29 is 4.79 Å². The molecule has 0 amide bonds. The number of carbonyl (C=O) groups is 1. The number of nitrogens with two attached hydrogens (primary N) is 1. The van der Waals surface area contributed by atoms with Gasteiger partial charge in [0, 0.05) is 11.8 Å². The number of carbonyl (C=O) groups excluding carboxylic acids is 1. The predicted molar refractivity (Wildman–Crippen MR) is 55.6 cm³/mol. The maximum Gasteiger partial charge on any atom is 0.334 e. The highest BCUT2D eigenvalue weighted by atomic mass is 16.2. The van der Waals surface area contributed by atoms with Crippen molar-refractivity contribution in [1.29, 1.82) is 0 Å². The molecule has 2 rings (SSSR count). The number of hydrogen-bond donors (Lipinski definition) is 2. The number of benzene rings is 1. The van der Waals surface area contributed by atoms with E-state index in [1.54, 1.807) is 30.3 Å². The molecule has 0 aliphatic heterocycles. The van der Waals surface area contributed by atoms with Crippen LogP contribution in [0, 0.1) is 0 Å². The van der Waals surface area contributed by atoms with Crippen molar-refractivity contribution >= 4 is 11.7 Å². The lowest BCUT2D eigenvalue weighted by Gasteiger charge is -2.01. The van der Waals surface area contributed by atoms with Crippen molar-refractivity contribution in [3.05, 3.63) is 52.6 Å². The number of nitrogens with one attached hydrogen (secondary N) is 1. The van der Waals surface area contributed by atoms with Crippen LogP contribution in [0.1, 0.15) is 10.4 Å². The van der Waals surface area contributed by atoms with Crippen LogP contribution in [-0.4, -0.2) is 15.5 Å². The highest BCUT2D eigenvalue weighted by Gasteiger charge is 2.13. The first kappa shape index (κ1) is 9.26. The third-order valence-corrected chi connectivity index (χ3v) is 2.03. The molecule has 5 heteroatoms. The molecule has 0 fully saturated rings. The Morgan fingerprint density at radius 1 is 1.27 bits per heavy atom. The first-order valence-electron chi connectivity index (χ1n) is 4.36. The van der Waals surface area contributed by atoms with Gasteiger partial charge in [0.05, 0.1) is 0 Å². The Bertz CT molecular complexity index is 539. The van der Waals surface area contributed by atoms with Crippen LogP contribution in [0.3, 0.4) is 0 Å². The molecule has 0 unspecified atom stereocenters. The van der Waals surface area contributed by atoms with Gasteiger partial charge >= 0.3 is 5.69 Å². The molecule has 0 aliphatic carbocycles. The van der Waals surface area contributed by atoms with Crippen LogP contribution < -0.4 is 11.4 Å². The van der Waals surface area contributed by atoms with Gasteiger partial charge in [-0.3, -0.25) is 4.79 Å². The standard InChI is InChI=1S/C10H9N3O2/c11-8-6-12-10(15)13(8)9(14)7-4-2-1-3-5-7/h1-6H,11H2,(H,12,15). The fourth-order valence-corrected chi connectivity index (χ4v) is 1.30. The monoisotopic (exact) mass is 203 g/mol. The molecule has 3 N–H and O–H groups in total. The molecular formula is C10H9N3O2. The average Bonchev–Trinajstić information content (AvgIpc) is 2.59. The average molecular weight is 203 g/mol. The lowest BCUT2D eigenvalue weighted by Crippen LogP contribution is -2.26. The molecule has 0 aliphatic rings. The summed E-state index contributed by atoms with van der Waals surface area (Å²) in [7, 11) is 0. The van der Waals surface area contributed by atoms with Gasteiger partial charge in [-0.15, -0.1) is 0 Å². The third-order valence-electron chi connectivity index (χ3n) is 2.03. The lowest BCUT2D eigenvalue weighted by molar-refractivity contribution is 0.0959. The van der Waals surface area contributed by atoms with Crippen LogP contribution in [0.5, 0.6) is 0 Å². The molecule has 0 saturated carbocycles. The van der Waals surface area contributed by atoms with Crippen molar-refractivity contribution in [2.75, 3.05) is 5.73 Å². The van der Waals surface area contributed by atoms with E-state index in [2.05, 4.69) is 4.98 Å². The molecule has 5 nitrogen and oxygen atoms in total. The molecule has 0 atom stereocenters. The largest absolute Gasteiger partial charge is 0.383 e. The van der Waals surface area contributed by atoms with Gasteiger partial charge in [0.2, 0.25) is 0 Å². The predicted octanol–water partition coefficient (Wildman–Crippen LogP) is 0.447. The van der Waals surface area contributed by atoms with Crippen molar-refractivity contribution in [3.63, 3.8) is 0 Å². The third kappa shape index (κ3) is 1.54. The Balaban J connectivity index is 2.51. The second-order valence-electron chi connectivity index (χ2n) is 3.03. The maximum absolute atomic E-state index is 11.8. The first-order chi connectivity index (χ1) is 7.20. The topological polar surface area (TPSA) is 80.9 Å². The number of aromatic amines is 1. The van der Waals surface area contributed by atoms with E-state index in [4.69, 9.17) is 5.73 Å². The SMILES string of the molecule is Nc1c[nH]c(=O)n1C(=O)c1ccccc1. The highest BCUT2D eigenvalue weighted by Crippen LogP contribution is 2.04. The number of nitrogen functional groups attached to an aromatic ring is 1. The number of aromatic nitrogens is 2. The zero-order chi connectivity index (χ0) is 10.8. The van der Waals surface area contributed by atoms with E-state index in [9.17, 15) is 9.59 Å². The van der Waals surface area contributed by atoms with Crippen LogP contribution in [0.4, 0.5) is 5.82 Å². The number of hydrogen-bond acceptors (Lipinski definition) is 3. The minimum Gasteiger partial charge on any atom is -0.383 e. The Morgan fingerprint density at radius 3 is 2.47 bits per heavy atom. The van der Waals surface area contributed by atoms with Gasteiger partial charge in [-0.2, -0.15) is 0 Å². The van der Waals surface area contributed by atoms with Crippen LogP contribution in [-0.2, 0) is 0 Å². The van der Waals surface area contributed by atoms with Crippen molar-refractivity contribution in [2.45, 2.75) is 0 Å². The van der Waals surface area contributed by atoms with Crippen molar-refractivity contribution in [2.24, 2.45) is 0 Å². The highest BCUT2D eigenvalue weighted by molar-refractivity contribution is 5.97. The summed E-state index contributed by atoms with van der Waals surface area (Å²) >= 11 is 0.